The Kier molecular flexibility index (Phi) is 11.9. The van der Waals surface area contributed by atoms with E-state index in [9.17, 15) is 0 Å². The quantitative estimate of drug-likeness (QED) is 0.269. The first-order chi connectivity index (χ1) is 14.0. The molecule has 172 valence electrons. The lowest BCUT2D eigenvalue weighted by molar-refractivity contribution is 0.0250. The van der Waals surface area contributed by atoms with Crippen LogP contribution in [0.4, 0.5) is 0 Å². The molecular formula is C20H46N4O3Si2. The van der Waals surface area contributed by atoms with Crippen molar-refractivity contribution in [3.63, 3.8) is 0 Å². The third-order valence-electron chi connectivity index (χ3n) is 5.95. The zero-order chi connectivity index (χ0) is 21.0. The molecule has 1 heterocycles. The predicted molar refractivity (Wildman–Crippen MR) is 124 cm³/mol. The predicted octanol–water partition coefficient (Wildman–Crippen LogP) is 2.16. The molecule has 4 unspecified atom stereocenters. The van der Waals surface area contributed by atoms with Crippen LogP contribution in [0.25, 0.3) is 0 Å². The Labute approximate surface area is 180 Å². The molecule has 7 nitrogen and oxygen atoms in total. The van der Waals surface area contributed by atoms with Crippen molar-refractivity contribution in [3.05, 3.63) is 0 Å². The smallest absolute Gasteiger partial charge is 0.326 e. The molecule has 1 aliphatic heterocycles. The molecule has 4 atom stereocenters. The van der Waals surface area contributed by atoms with E-state index >= 15 is 0 Å². The summed E-state index contributed by atoms with van der Waals surface area (Å²) in [7, 11) is -4.57. The maximum absolute atomic E-state index is 6.94. The maximum atomic E-state index is 6.94. The zero-order valence-corrected chi connectivity index (χ0v) is 20.8. The van der Waals surface area contributed by atoms with Gasteiger partial charge in [0.15, 0.2) is 0 Å². The summed E-state index contributed by atoms with van der Waals surface area (Å²) in [6.07, 6.45) is 9.93. The van der Waals surface area contributed by atoms with Gasteiger partial charge in [-0.25, -0.2) is 0 Å². The second-order valence-electron chi connectivity index (χ2n) is 9.01. The summed E-state index contributed by atoms with van der Waals surface area (Å²) in [5.41, 5.74) is 11.2. The fraction of sp³-hybridized carbons (Fsp3) is 1.00. The topological polar surface area (TPSA) is 104 Å². The summed E-state index contributed by atoms with van der Waals surface area (Å²) in [6, 6.07) is 2.03. The average Bonchev–Trinajstić information content (AvgIpc) is 2.64. The van der Waals surface area contributed by atoms with E-state index in [4.69, 9.17) is 24.4 Å². The molecule has 0 aromatic heterocycles. The van der Waals surface area contributed by atoms with Crippen LogP contribution in [-0.2, 0) is 13.0 Å². The SMILES string of the molecule is C[Si]1(CCCNCCN)OC2CCCCCC(C2)O[Si](C)(CCCNCCN)O1. The van der Waals surface area contributed by atoms with Crippen LogP contribution >= 0.6 is 0 Å². The molecular weight excluding hydrogens is 400 g/mol. The summed E-state index contributed by atoms with van der Waals surface area (Å²) in [5.74, 6) is 0. The van der Waals surface area contributed by atoms with Crippen molar-refractivity contribution in [1.82, 2.24) is 10.6 Å². The molecule has 1 aliphatic carbocycles. The summed E-state index contributed by atoms with van der Waals surface area (Å²) < 4.78 is 20.6. The highest BCUT2D eigenvalue weighted by Gasteiger charge is 2.47. The molecule has 2 aliphatic rings. The minimum atomic E-state index is -2.28. The zero-order valence-electron chi connectivity index (χ0n) is 18.8. The number of hydrogen-bond donors (Lipinski definition) is 4. The number of nitrogens with one attached hydrogen (secondary N) is 2. The molecule has 0 aromatic rings. The average molecular weight is 447 g/mol. The van der Waals surface area contributed by atoms with Crippen molar-refractivity contribution in [3.8, 4) is 0 Å². The molecule has 0 radical (unpaired) electrons. The van der Waals surface area contributed by atoms with E-state index in [0.29, 0.717) is 25.3 Å². The Bertz CT molecular complexity index is 416. The van der Waals surface area contributed by atoms with Crippen molar-refractivity contribution in [2.45, 2.75) is 88.8 Å². The van der Waals surface area contributed by atoms with E-state index in [2.05, 4.69) is 23.7 Å². The van der Waals surface area contributed by atoms with E-state index in [1.165, 1.54) is 19.3 Å². The fourth-order valence-corrected chi connectivity index (χ4v) is 13.2. The van der Waals surface area contributed by atoms with Gasteiger partial charge in [-0.05, 0) is 70.4 Å². The Morgan fingerprint density at radius 3 is 1.69 bits per heavy atom. The van der Waals surface area contributed by atoms with Gasteiger partial charge >= 0.3 is 17.1 Å². The van der Waals surface area contributed by atoms with Crippen LogP contribution in [0, 0.1) is 0 Å². The Morgan fingerprint density at radius 2 is 1.24 bits per heavy atom. The van der Waals surface area contributed by atoms with Gasteiger partial charge in [-0.15, -0.1) is 0 Å². The monoisotopic (exact) mass is 446 g/mol. The third-order valence-corrected chi connectivity index (χ3v) is 13.6. The van der Waals surface area contributed by atoms with Gasteiger partial charge in [0.05, 0.1) is 0 Å². The fourth-order valence-electron chi connectivity index (χ4n) is 4.62. The van der Waals surface area contributed by atoms with Crippen molar-refractivity contribution >= 4 is 17.1 Å². The van der Waals surface area contributed by atoms with Crippen molar-refractivity contribution in [1.29, 1.82) is 0 Å². The first-order valence-corrected chi connectivity index (χ1v) is 16.9. The summed E-state index contributed by atoms with van der Waals surface area (Å²) in [5, 5.41) is 6.81. The van der Waals surface area contributed by atoms with Crippen molar-refractivity contribution in [2.24, 2.45) is 11.5 Å². The maximum Gasteiger partial charge on any atom is 0.326 e. The first kappa shape index (κ1) is 25.4. The number of rotatable bonds is 12. The molecule has 0 aromatic carbocycles. The van der Waals surface area contributed by atoms with Gasteiger partial charge in [-0.3, -0.25) is 0 Å². The third kappa shape index (κ3) is 9.88. The van der Waals surface area contributed by atoms with Crippen LogP contribution in [0.2, 0.25) is 25.2 Å². The second-order valence-corrected chi connectivity index (χ2v) is 15.8. The lowest BCUT2D eigenvalue weighted by atomic mass is 9.97. The highest BCUT2D eigenvalue weighted by molar-refractivity contribution is 6.80. The van der Waals surface area contributed by atoms with Gasteiger partial charge in [0, 0.05) is 38.4 Å². The van der Waals surface area contributed by atoms with Crippen molar-refractivity contribution in [2.75, 3.05) is 39.3 Å². The highest BCUT2D eigenvalue weighted by Crippen LogP contribution is 2.35. The van der Waals surface area contributed by atoms with E-state index < -0.39 is 17.1 Å². The van der Waals surface area contributed by atoms with Crippen LogP contribution in [-0.4, -0.2) is 68.6 Å². The highest BCUT2D eigenvalue weighted by atomic mass is 28.5. The van der Waals surface area contributed by atoms with Gasteiger partial charge in [-0.1, -0.05) is 19.3 Å². The van der Waals surface area contributed by atoms with Gasteiger partial charge in [0.2, 0.25) is 0 Å². The summed E-state index contributed by atoms with van der Waals surface area (Å²) in [6.45, 7) is 9.60. The number of hydrogen-bond acceptors (Lipinski definition) is 7. The van der Waals surface area contributed by atoms with Gasteiger partial charge < -0.3 is 35.1 Å². The second kappa shape index (κ2) is 13.5. The van der Waals surface area contributed by atoms with Crippen molar-refractivity contribution < 1.29 is 13.0 Å². The van der Waals surface area contributed by atoms with Gasteiger partial charge in [0.1, 0.15) is 0 Å². The Morgan fingerprint density at radius 1 is 0.759 bits per heavy atom. The minimum absolute atomic E-state index is 0.304. The molecule has 6 N–H and O–H groups in total. The molecule has 0 spiro atoms. The number of fused-ring (bicyclic) bond motifs is 2. The summed E-state index contributed by atoms with van der Waals surface area (Å²) in [4.78, 5) is 0. The molecule has 1 saturated heterocycles. The molecule has 2 fully saturated rings. The normalized spacial score (nSPS) is 33.5. The van der Waals surface area contributed by atoms with Gasteiger partial charge in [0.25, 0.3) is 0 Å². The lowest BCUT2D eigenvalue weighted by Gasteiger charge is -2.45. The molecule has 9 heteroatoms. The molecule has 29 heavy (non-hydrogen) atoms. The van der Waals surface area contributed by atoms with Crippen LogP contribution < -0.4 is 22.1 Å². The molecule has 2 rings (SSSR count). The molecule has 0 amide bonds. The van der Waals surface area contributed by atoms with Gasteiger partial charge in [-0.2, -0.15) is 0 Å². The van der Waals surface area contributed by atoms with Crippen LogP contribution in [0.1, 0.15) is 51.4 Å². The first-order valence-electron chi connectivity index (χ1n) is 11.9. The molecule has 1 saturated carbocycles. The lowest BCUT2D eigenvalue weighted by Crippen LogP contribution is -2.57. The van der Waals surface area contributed by atoms with Crippen LogP contribution in [0.5, 0.6) is 0 Å². The van der Waals surface area contributed by atoms with E-state index in [1.807, 2.05) is 0 Å². The largest absolute Gasteiger partial charge is 0.415 e. The Balaban J connectivity index is 2.01. The minimum Gasteiger partial charge on any atom is -0.415 e. The standard InChI is InChI=1S/C20H46N4O3Si2/c1-28(16-6-12-23-14-10-21)25-19-8-4-3-5-9-20(18-19)26-29(2,27-28)17-7-13-24-15-11-22/h19-20,23-24H,3-18,21-22H2,1-2H3. The van der Waals surface area contributed by atoms with E-state index in [0.717, 1.165) is 70.4 Å². The Hall–Kier alpha value is 0.154. The van der Waals surface area contributed by atoms with Crippen LogP contribution in [0.3, 0.4) is 0 Å². The van der Waals surface area contributed by atoms with Crippen LogP contribution in [0.15, 0.2) is 0 Å². The number of nitrogens with two attached hydrogens (primary N) is 2. The van der Waals surface area contributed by atoms with E-state index in [1.54, 1.807) is 0 Å². The molecule has 2 bridgehead atoms. The summed E-state index contributed by atoms with van der Waals surface area (Å²) >= 11 is 0. The van der Waals surface area contributed by atoms with E-state index in [-0.39, 0.29) is 0 Å².